The van der Waals surface area contributed by atoms with Gasteiger partial charge < -0.3 is 10.5 Å². The second-order valence-corrected chi connectivity index (χ2v) is 6.11. The van der Waals surface area contributed by atoms with Crippen LogP contribution in [0.15, 0.2) is 24.3 Å². The van der Waals surface area contributed by atoms with Crippen molar-refractivity contribution in [3.63, 3.8) is 0 Å². The van der Waals surface area contributed by atoms with Crippen LogP contribution in [0.4, 0.5) is 0 Å². The van der Waals surface area contributed by atoms with Crippen LogP contribution in [-0.2, 0) is 11.3 Å². The third-order valence-electron chi connectivity index (χ3n) is 4.50. The Balaban J connectivity index is 2.27. The van der Waals surface area contributed by atoms with Gasteiger partial charge in [0.1, 0.15) is 0 Å². The zero-order chi connectivity index (χ0) is 14.5. The van der Waals surface area contributed by atoms with Crippen molar-refractivity contribution in [2.24, 2.45) is 11.7 Å². The number of hydrogen-bond donors (Lipinski definition) is 1. The summed E-state index contributed by atoms with van der Waals surface area (Å²) in [5, 5.41) is 0. The lowest BCUT2D eigenvalue weighted by Gasteiger charge is -2.42. The molecule has 1 aromatic carbocycles. The number of nitrogens with two attached hydrogens (primary N) is 1. The van der Waals surface area contributed by atoms with Crippen LogP contribution in [0.25, 0.3) is 0 Å². The summed E-state index contributed by atoms with van der Waals surface area (Å²) in [5.74, 6) is 0.759. The first-order valence-corrected chi connectivity index (χ1v) is 7.70. The Kier molecular flexibility index (Phi) is 5.58. The molecule has 3 heteroatoms. The minimum Gasteiger partial charge on any atom is -0.380 e. The molecule has 0 spiro atoms. The number of likely N-dealkylation sites (tertiary alicyclic amines) is 1. The van der Waals surface area contributed by atoms with Crippen molar-refractivity contribution < 1.29 is 4.74 Å². The molecule has 0 bridgehead atoms. The zero-order valence-electron chi connectivity index (χ0n) is 13.0. The lowest BCUT2D eigenvalue weighted by Crippen LogP contribution is -2.45. The van der Waals surface area contributed by atoms with Gasteiger partial charge in [0, 0.05) is 32.3 Å². The van der Waals surface area contributed by atoms with Gasteiger partial charge in [0.15, 0.2) is 0 Å². The van der Waals surface area contributed by atoms with E-state index in [2.05, 4.69) is 43.0 Å². The Morgan fingerprint density at radius 3 is 2.75 bits per heavy atom. The molecule has 112 valence electrons. The average molecular weight is 276 g/mol. The number of piperidine rings is 1. The molecular weight excluding hydrogens is 248 g/mol. The van der Waals surface area contributed by atoms with E-state index in [1.165, 1.54) is 24.0 Å². The quantitative estimate of drug-likeness (QED) is 0.898. The van der Waals surface area contributed by atoms with Crippen molar-refractivity contribution >= 4 is 0 Å². The van der Waals surface area contributed by atoms with Crippen LogP contribution in [0.3, 0.4) is 0 Å². The Morgan fingerprint density at radius 2 is 2.05 bits per heavy atom. The van der Waals surface area contributed by atoms with Gasteiger partial charge in [0.2, 0.25) is 0 Å². The lowest BCUT2D eigenvalue weighted by molar-refractivity contribution is 0.0782. The molecule has 1 aliphatic heterocycles. The van der Waals surface area contributed by atoms with Crippen LogP contribution in [0.5, 0.6) is 0 Å². The number of methoxy groups -OCH3 is 1. The molecule has 1 saturated heterocycles. The van der Waals surface area contributed by atoms with Crippen LogP contribution >= 0.6 is 0 Å². The average Bonchev–Trinajstić information content (AvgIpc) is 2.45. The van der Waals surface area contributed by atoms with Crippen molar-refractivity contribution in [3.05, 3.63) is 35.4 Å². The first-order valence-electron chi connectivity index (χ1n) is 7.70. The van der Waals surface area contributed by atoms with Gasteiger partial charge in [-0.15, -0.1) is 0 Å². The fraction of sp³-hybridized carbons (Fsp3) is 0.647. The SMILES string of the molecule is COCc1ccccc1C(CN)N1CC(C)CCC1C. The summed E-state index contributed by atoms with van der Waals surface area (Å²) >= 11 is 0. The summed E-state index contributed by atoms with van der Waals surface area (Å²) in [6.07, 6.45) is 2.60. The van der Waals surface area contributed by atoms with E-state index in [9.17, 15) is 0 Å². The molecule has 1 heterocycles. The maximum Gasteiger partial charge on any atom is 0.0716 e. The standard InChI is InChI=1S/C17H28N2O/c1-13-8-9-14(2)19(11-13)17(10-18)16-7-5-4-6-15(16)12-20-3/h4-7,13-14,17H,8-12,18H2,1-3H3. The number of hydrogen-bond acceptors (Lipinski definition) is 3. The highest BCUT2D eigenvalue weighted by atomic mass is 16.5. The number of nitrogens with zero attached hydrogens (tertiary/aromatic N) is 1. The summed E-state index contributed by atoms with van der Waals surface area (Å²) in [5.41, 5.74) is 8.72. The zero-order valence-corrected chi connectivity index (χ0v) is 13.0. The minimum atomic E-state index is 0.305. The molecule has 1 aliphatic rings. The van der Waals surface area contributed by atoms with Crippen LogP contribution < -0.4 is 5.73 Å². The molecule has 0 aromatic heterocycles. The first-order chi connectivity index (χ1) is 9.67. The maximum atomic E-state index is 6.13. The smallest absolute Gasteiger partial charge is 0.0716 e. The molecule has 2 rings (SSSR count). The van der Waals surface area contributed by atoms with E-state index >= 15 is 0 Å². The predicted octanol–water partition coefficient (Wildman–Crippen LogP) is 2.95. The highest BCUT2D eigenvalue weighted by Gasteiger charge is 2.30. The summed E-state index contributed by atoms with van der Waals surface area (Å²) < 4.78 is 5.34. The Morgan fingerprint density at radius 1 is 1.30 bits per heavy atom. The number of ether oxygens (including phenoxy) is 1. The number of benzene rings is 1. The Bertz CT molecular complexity index is 421. The third kappa shape index (κ3) is 3.40. The highest BCUT2D eigenvalue weighted by Crippen LogP contribution is 2.31. The summed E-state index contributed by atoms with van der Waals surface area (Å²) in [7, 11) is 1.75. The van der Waals surface area contributed by atoms with E-state index in [-0.39, 0.29) is 0 Å². The van der Waals surface area contributed by atoms with Gasteiger partial charge in [0.05, 0.1) is 6.61 Å². The monoisotopic (exact) mass is 276 g/mol. The van der Waals surface area contributed by atoms with Crippen LogP contribution in [0.1, 0.15) is 43.9 Å². The molecule has 20 heavy (non-hydrogen) atoms. The third-order valence-corrected chi connectivity index (χ3v) is 4.50. The van der Waals surface area contributed by atoms with E-state index in [1.54, 1.807) is 7.11 Å². The molecule has 0 amide bonds. The van der Waals surface area contributed by atoms with Gasteiger partial charge in [-0.3, -0.25) is 4.90 Å². The van der Waals surface area contributed by atoms with Gasteiger partial charge in [0.25, 0.3) is 0 Å². The van der Waals surface area contributed by atoms with Gasteiger partial charge in [-0.1, -0.05) is 31.2 Å². The molecular formula is C17H28N2O. The topological polar surface area (TPSA) is 38.5 Å². The largest absolute Gasteiger partial charge is 0.380 e. The molecule has 3 atom stereocenters. The van der Waals surface area contributed by atoms with Crippen molar-refractivity contribution in [3.8, 4) is 0 Å². The molecule has 0 radical (unpaired) electrons. The van der Waals surface area contributed by atoms with E-state index in [0.717, 1.165) is 12.5 Å². The van der Waals surface area contributed by atoms with Gasteiger partial charge in [-0.05, 0) is 36.8 Å². The van der Waals surface area contributed by atoms with Crippen molar-refractivity contribution in [2.45, 2.75) is 45.4 Å². The lowest BCUT2D eigenvalue weighted by atomic mass is 9.90. The van der Waals surface area contributed by atoms with Crippen molar-refractivity contribution in [2.75, 3.05) is 20.2 Å². The summed E-state index contributed by atoms with van der Waals surface area (Å²) in [4.78, 5) is 2.59. The fourth-order valence-electron chi connectivity index (χ4n) is 3.34. The van der Waals surface area contributed by atoms with Gasteiger partial charge in [-0.25, -0.2) is 0 Å². The summed E-state index contributed by atoms with van der Waals surface area (Å²) in [6.45, 7) is 7.13. The fourth-order valence-corrected chi connectivity index (χ4v) is 3.34. The minimum absolute atomic E-state index is 0.305. The van der Waals surface area contributed by atoms with Gasteiger partial charge >= 0.3 is 0 Å². The van der Waals surface area contributed by atoms with Crippen molar-refractivity contribution in [1.29, 1.82) is 0 Å². The van der Waals surface area contributed by atoms with Crippen LogP contribution in [-0.4, -0.2) is 31.1 Å². The predicted molar refractivity (Wildman–Crippen MR) is 83.5 cm³/mol. The second kappa shape index (κ2) is 7.21. The Hall–Kier alpha value is -0.900. The van der Waals surface area contributed by atoms with Crippen LogP contribution in [0, 0.1) is 5.92 Å². The molecule has 2 N–H and O–H groups in total. The van der Waals surface area contributed by atoms with E-state index in [0.29, 0.717) is 25.2 Å². The molecule has 3 unspecified atom stereocenters. The molecule has 3 nitrogen and oxygen atoms in total. The summed E-state index contributed by atoms with van der Waals surface area (Å²) in [6, 6.07) is 9.45. The first kappa shape index (κ1) is 15.5. The number of rotatable bonds is 5. The molecule has 0 saturated carbocycles. The van der Waals surface area contributed by atoms with E-state index in [1.807, 2.05) is 0 Å². The highest BCUT2D eigenvalue weighted by molar-refractivity contribution is 5.30. The second-order valence-electron chi connectivity index (χ2n) is 6.11. The molecule has 0 aliphatic carbocycles. The Labute approximate surface area is 123 Å². The molecule has 1 aromatic rings. The van der Waals surface area contributed by atoms with E-state index < -0.39 is 0 Å². The molecule has 1 fully saturated rings. The van der Waals surface area contributed by atoms with E-state index in [4.69, 9.17) is 10.5 Å². The van der Waals surface area contributed by atoms with Gasteiger partial charge in [-0.2, -0.15) is 0 Å². The van der Waals surface area contributed by atoms with Crippen molar-refractivity contribution in [1.82, 2.24) is 4.90 Å². The maximum absolute atomic E-state index is 6.13. The van der Waals surface area contributed by atoms with Crippen LogP contribution in [0.2, 0.25) is 0 Å². The normalized spacial score (nSPS) is 25.6.